The van der Waals surface area contributed by atoms with Crippen molar-refractivity contribution in [2.75, 3.05) is 13.1 Å². The number of carbonyl (C=O) groups excluding carboxylic acids is 1. The van der Waals surface area contributed by atoms with Crippen LogP contribution < -0.4 is 5.56 Å². The van der Waals surface area contributed by atoms with Gasteiger partial charge in [-0.25, -0.2) is 4.98 Å². The summed E-state index contributed by atoms with van der Waals surface area (Å²) in [7, 11) is 0. The SMILES string of the molecule is Cc1sc2nc(-c3cccnc3)n(CC(=O)N3CCC(Cc4ccccc4)CC3)c(=O)c2c1C. The standard InChI is InChI=1S/C27H28N4O2S/c1-18-19(2)34-26-24(18)27(33)31(25(29-26)22-9-6-12-28-16-22)17-23(32)30-13-10-21(11-14-30)15-20-7-4-3-5-8-20/h3-9,12,16,21H,10-11,13-15,17H2,1-2H3. The number of nitrogens with zero attached hydrogens (tertiary/aromatic N) is 4. The van der Waals surface area contributed by atoms with Crippen molar-refractivity contribution in [3.63, 3.8) is 0 Å². The summed E-state index contributed by atoms with van der Waals surface area (Å²) in [5.74, 6) is 1.05. The van der Waals surface area contributed by atoms with Crippen molar-refractivity contribution < 1.29 is 4.79 Å². The number of hydrogen-bond donors (Lipinski definition) is 0. The van der Waals surface area contributed by atoms with Gasteiger partial charge in [0.15, 0.2) is 0 Å². The average Bonchev–Trinajstić information content (AvgIpc) is 3.15. The molecule has 6 nitrogen and oxygen atoms in total. The van der Waals surface area contributed by atoms with E-state index in [0.29, 0.717) is 22.0 Å². The number of benzene rings is 1. The summed E-state index contributed by atoms with van der Waals surface area (Å²) >= 11 is 1.52. The quantitative estimate of drug-likeness (QED) is 0.425. The van der Waals surface area contributed by atoms with E-state index >= 15 is 0 Å². The molecule has 0 unspecified atom stereocenters. The first-order chi connectivity index (χ1) is 16.5. The van der Waals surface area contributed by atoms with Crippen molar-refractivity contribution in [3.8, 4) is 11.4 Å². The summed E-state index contributed by atoms with van der Waals surface area (Å²) in [6, 6.07) is 14.2. The fourth-order valence-corrected chi connectivity index (χ4v) is 5.78. The van der Waals surface area contributed by atoms with E-state index in [4.69, 9.17) is 4.98 Å². The summed E-state index contributed by atoms with van der Waals surface area (Å²) in [5.41, 5.74) is 2.87. The van der Waals surface area contributed by atoms with Gasteiger partial charge in [-0.1, -0.05) is 30.3 Å². The predicted molar refractivity (Wildman–Crippen MR) is 136 cm³/mol. The van der Waals surface area contributed by atoms with Gasteiger partial charge in [0.05, 0.1) is 5.39 Å². The molecule has 0 N–H and O–H groups in total. The first-order valence-corrected chi connectivity index (χ1v) is 12.6. The number of likely N-dealkylation sites (tertiary alicyclic amines) is 1. The Labute approximate surface area is 202 Å². The van der Waals surface area contributed by atoms with Gasteiger partial charge in [-0.15, -0.1) is 11.3 Å². The van der Waals surface area contributed by atoms with Crippen LogP contribution in [0.25, 0.3) is 21.6 Å². The third kappa shape index (κ3) is 4.40. The Morgan fingerprint density at radius 3 is 2.56 bits per heavy atom. The van der Waals surface area contributed by atoms with Gasteiger partial charge in [0.2, 0.25) is 5.91 Å². The number of piperidine rings is 1. The molecule has 5 rings (SSSR count). The predicted octanol–water partition coefficient (Wildman–Crippen LogP) is 4.62. The van der Waals surface area contributed by atoms with Crippen LogP contribution in [0, 0.1) is 19.8 Å². The molecule has 174 valence electrons. The van der Waals surface area contributed by atoms with Crippen molar-refractivity contribution in [2.45, 2.75) is 39.7 Å². The van der Waals surface area contributed by atoms with E-state index < -0.39 is 0 Å². The third-order valence-corrected chi connectivity index (χ3v) is 7.94. The molecule has 1 aliphatic rings. The number of amides is 1. The number of thiophene rings is 1. The van der Waals surface area contributed by atoms with Crippen molar-refractivity contribution in [1.29, 1.82) is 0 Å². The lowest BCUT2D eigenvalue weighted by Gasteiger charge is -2.32. The second kappa shape index (κ2) is 9.50. The Morgan fingerprint density at radius 2 is 1.85 bits per heavy atom. The van der Waals surface area contributed by atoms with Crippen LogP contribution in [0.3, 0.4) is 0 Å². The number of rotatable bonds is 5. The van der Waals surface area contributed by atoms with E-state index in [2.05, 4.69) is 29.2 Å². The Hall–Kier alpha value is -3.32. The minimum Gasteiger partial charge on any atom is -0.341 e. The normalized spacial score (nSPS) is 14.6. The highest BCUT2D eigenvalue weighted by molar-refractivity contribution is 7.18. The minimum atomic E-state index is -0.155. The van der Waals surface area contributed by atoms with Gasteiger partial charge in [-0.2, -0.15) is 0 Å². The second-order valence-electron chi connectivity index (χ2n) is 9.05. The number of aryl methyl sites for hydroxylation is 2. The number of pyridine rings is 1. The zero-order valence-corrected chi connectivity index (χ0v) is 20.3. The molecule has 4 aromatic rings. The third-order valence-electron chi connectivity index (χ3n) is 6.84. The zero-order valence-electron chi connectivity index (χ0n) is 19.5. The molecule has 1 amide bonds. The molecular weight excluding hydrogens is 444 g/mol. The van der Waals surface area contributed by atoms with Gasteiger partial charge >= 0.3 is 0 Å². The topological polar surface area (TPSA) is 68.1 Å². The molecule has 1 aromatic carbocycles. The van der Waals surface area contributed by atoms with Gasteiger partial charge in [0.1, 0.15) is 17.2 Å². The largest absolute Gasteiger partial charge is 0.341 e. The number of fused-ring (bicyclic) bond motifs is 1. The van der Waals surface area contributed by atoms with Crippen molar-refractivity contribution in [2.24, 2.45) is 5.92 Å². The van der Waals surface area contributed by atoms with Crippen LogP contribution in [0.5, 0.6) is 0 Å². The Morgan fingerprint density at radius 1 is 1.09 bits per heavy atom. The average molecular weight is 473 g/mol. The Kier molecular flexibility index (Phi) is 6.28. The maximum atomic E-state index is 13.6. The molecule has 0 spiro atoms. The molecule has 0 bridgehead atoms. The van der Waals surface area contributed by atoms with Gasteiger partial charge in [0, 0.05) is 35.9 Å². The second-order valence-corrected chi connectivity index (χ2v) is 10.2. The first kappa shape index (κ1) is 22.5. The van der Waals surface area contributed by atoms with E-state index in [1.807, 2.05) is 36.9 Å². The highest BCUT2D eigenvalue weighted by atomic mass is 32.1. The highest BCUT2D eigenvalue weighted by Crippen LogP contribution is 2.29. The minimum absolute atomic E-state index is 0.0102. The van der Waals surface area contributed by atoms with Gasteiger partial charge in [-0.3, -0.25) is 19.1 Å². The van der Waals surface area contributed by atoms with E-state index in [0.717, 1.165) is 48.4 Å². The van der Waals surface area contributed by atoms with Crippen LogP contribution >= 0.6 is 11.3 Å². The molecule has 7 heteroatoms. The summed E-state index contributed by atoms with van der Waals surface area (Å²) in [4.78, 5) is 39.6. The van der Waals surface area contributed by atoms with Gasteiger partial charge in [0.25, 0.3) is 5.56 Å². The fourth-order valence-electron chi connectivity index (χ4n) is 4.76. The molecule has 3 aromatic heterocycles. The van der Waals surface area contributed by atoms with Crippen LogP contribution in [0.2, 0.25) is 0 Å². The number of hydrogen-bond acceptors (Lipinski definition) is 5. The molecule has 4 heterocycles. The molecule has 0 aliphatic carbocycles. The Balaban J connectivity index is 1.39. The molecular formula is C27H28N4O2S. The molecule has 34 heavy (non-hydrogen) atoms. The van der Waals surface area contributed by atoms with Crippen LogP contribution in [-0.4, -0.2) is 38.4 Å². The maximum absolute atomic E-state index is 13.6. The zero-order chi connectivity index (χ0) is 23.7. The van der Waals surface area contributed by atoms with E-state index in [1.165, 1.54) is 21.5 Å². The smallest absolute Gasteiger partial charge is 0.263 e. The van der Waals surface area contributed by atoms with Crippen LogP contribution in [-0.2, 0) is 17.8 Å². The van der Waals surface area contributed by atoms with E-state index in [9.17, 15) is 9.59 Å². The molecule has 1 fully saturated rings. The van der Waals surface area contributed by atoms with E-state index in [1.54, 1.807) is 12.4 Å². The summed E-state index contributed by atoms with van der Waals surface area (Å²) in [6.45, 7) is 5.38. The van der Waals surface area contributed by atoms with E-state index in [-0.39, 0.29) is 18.0 Å². The number of carbonyl (C=O) groups is 1. The summed E-state index contributed by atoms with van der Waals surface area (Å²) in [5, 5.41) is 0.615. The molecule has 1 aliphatic heterocycles. The lowest BCUT2D eigenvalue weighted by molar-refractivity contribution is -0.133. The monoisotopic (exact) mass is 472 g/mol. The highest BCUT2D eigenvalue weighted by Gasteiger charge is 2.25. The summed E-state index contributed by atoms with van der Waals surface area (Å²) < 4.78 is 1.54. The number of aromatic nitrogens is 3. The van der Waals surface area contributed by atoms with Crippen LogP contribution in [0.1, 0.15) is 28.8 Å². The maximum Gasteiger partial charge on any atom is 0.263 e. The van der Waals surface area contributed by atoms with Crippen molar-refractivity contribution in [3.05, 3.63) is 81.2 Å². The first-order valence-electron chi connectivity index (χ1n) is 11.7. The Bertz CT molecular complexity index is 1370. The molecule has 0 saturated carbocycles. The van der Waals surface area contributed by atoms with Gasteiger partial charge in [-0.05, 0) is 62.3 Å². The molecule has 0 atom stereocenters. The molecule has 0 radical (unpaired) electrons. The molecule has 1 saturated heterocycles. The van der Waals surface area contributed by atoms with Crippen molar-refractivity contribution >= 4 is 27.5 Å². The summed E-state index contributed by atoms with van der Waals surface area (Å²) in [6.07, 6.45) is 6.38. The van der Waals surface area contributed by atoms with Crippen LogP contribution in [0.4, 0.5) is 0 Å². The fraction of sp³-hybridized carbons (Fsp3) is 0.333. The lowest BCUT2D eigenvalue weighted by atomic mass is 9.90. The lowest BCUT2D eigenvalue weighted by Crippen LogP contribution is -2.42. The van der Waals surface area contributed by atoms with Crippen molar-refractivity contribution in [1.82, 2.24) is 19.4 Å². The van der Waals surface area contributed by atoms with Gasteiger partial charge < -0.3 is 4.90 Å². The van der Waals surface area contributed by atoms with Crippen LogP contribution in [0.15, 0.2) is 59.7 Å².